The third-order valence-electron chi connectivity index (χ3n) is 5.16. The maximum absolute atomic E-state index is 12.6. The molecule has 4 aromatic rings. The predicted molar refractivity (Wildman–Crippen MR) is 118 cm³/mol. The van der Waals surface area contributed by atoms with Crippen molar-refractivity contribution in [2.45, 2.75) is 19.3 Å². The smallest absolute Gasteiger partial charge is 0.248 e. The molecule has 5 rings (SSSR count). The molecule has 0 spiro atoms. The number of rotatable bonds is 6. The summed E-state index contributed by atoms with van der Waals surface area (Å²) in [5.74, 6) is 0.878. The van der Waals surface area contributed by atoms with Crippen molar-refractivity contribution < 1.29 is 9.21 Å². The second-order valence-corrected chi connectivity index (χ2v) is 7.89. The number of fused-ring (bicyclic) bond motifs is 1. The largest absolute Gasteiger partial charge is 0.421 e. The number of anilines is 3. The van der Waals surface area contributed by atoms with Crippen LogP contribution in [0.5, 0.6) is 0 Å². The minimum Gasteiger partial charge on any atom is -0.421 e. The van der Waals surface area contributed by atoms with Crippen LogP contribution in [0.25, 0.3) is 11.5 Å². The van der Waals surface area contributed by atoms with Crippen LogP contribution in [-0.2, 0) is 17.6 Å². The van der Waals surface area contributed by atoms with Gasteiger partial charge in [0.05, 0.1) is 11.4 Å². The Morgan fingerprint density at radius 3 is 2.77 bits per heavy atom. The summed E-state index contributed by atoms with van der Waals surface area (Å²) < 4.78 is 5.67. The number of hydrogen-bond donors (Lipinski definition) is 1. The maximum Gasteiger partial charge on any atom is 0.248 e. The Morgan fingerprint density at radius 2 is 1.90 bits per heavy atom. The van der Waals surface area contributed by atoms with E-state index in [0.717, 1.165) is 29.9 Å². The van der Waals surface area contributed by atoms with Gasteiger partial charge in [-0.1, -0.05) is 30.3 Å². The number of amides is 1. The molecule has 0 atom stereocenters. The Kier molecular flexibility index (Phi) is 5.03. The molecule has 7 heteroatoms. The molecular formula is C23H20N4O2S. The lowest BCUT2D eigenvalue weighted by molar-refractivity contribution is -0.116. The monoisotopic (exact) mass is 416 g/mol. The second-order valence-electron chi connectivity index (χ2n) is 7.11. The first-order valence-electron chi connectivity index (χ1n) is 9.87. The normalized spacial score (nSPS) is 12.7. The number of nitrogens with one attached hydrogen (secondary N) is 1. The van der Waals surface area contributed by atoms with E-state index in [1.807, 2.05) is 47.2 Å². The minimum atomic E-state index is -0.0785. The highest BCUT2D eigenvalue weighted by Gasteiger charge is 2.22. The fraction of sp³-hybridized carbons (Fsp3) is 0.174. The molecule has 1 aliphatic heterocycles. The fourth-order valence-electron chi connectivity index (χ4n) is 3.69. The van der Waals surface area contributed by atoms with Gasteiger partial charge in [0, 0.05) is 36.0 Å². The molecule has 1 N–H and O–H groups in total. The topological polar surface area (TPSA) is 71.3 Å². The number of thiophene rings is 1. The molecule has 150 valence electrons. The van der Waals surface area contributed by atoms with Crippen LogP contribution in [0.3, 0.4) is 0 Å². The van der Waals surface area contributed by atoms with E-state index in [1.54, 1.807) is 11.3 Å². The van der Waals surface area contributed by atoms with E-state index >= 15 is 0 Å². The van der Waals surface area contributed by atoms with Gasteiger partial charge in [0.15, 0.2) is 0 Å². The molecule has 1 amide bonds. The molecule has 0 fully saturated rings. The zero-order valence-electron chi connectivity index (χ0n) is 16.2. The zero-order chi connectivity index (χ0) is 20.3. The van der Waals surface area contributed by atoms with Gasteiger partial charge in [0.2, 0.25) is 17.7 Å². The highest BCUT2D eigenvalue weighted by molar-refractivity contribution is 7.08. The summed E-state index contributed by atoms with van der Waals surface area (Å²) in [6, 6.07) is 18.3. The van der Waals surface area contributed by atoms with Gasteiger partial charge in [-0.25, -0.2) is 0 Å². The lowest BCUT2D eigenvalue weighted by atomic mass is 10.1. The Balaban J connectivity index is 1.26. The van der Waals surface area contributed by atoms with Gasteiger partial charge in [-0.15, -0.1) is 10.2 Å². The second kappa shape index (κ2) is 8.12. The van der Waals surface area contributed by atoms with Gasteiger partial charge < -0.3 is 14.6 Å². The highest BCUT2D eigenvalue weighted by atomic mass is 32.1. The van der Waals surface area contributed by atoms with Gasteiger partial charge in [0.25, 0.3) is 0 Å². The number of carbonyl (C=O) groups excluding carboxylic acids is 1. The van der Waals surface area contributed by atoms with E-state index in [0.29, 0.717) is 18.2 Å². The molecule has 2 aromatic heterocycles. The third kappa shape index (κ3) is 3.71. The summed E-state index contributed by atoms with van der Waals surface area (Å²) in [5, 5.41) is 15.1. The lowest BCUT2D eigenvalue weighted by Crippen LogP contribution is -2.18. The molecule has 6 nitrogen and oxygen atoms in total. The molecule has 0 radical (unpaired) electrons. The van der Waals surface area contributed by atoms with Crippen LogP contribution < -0.4 is 10.2 Å². The molecule has 0 saturated carbocycles. The van der Waals surface area contributed by atoms with Crippen molar-refractivity contribution in [1.29, 1.82) is 0 Å². The molecule has 0 bridgehead atoms. The minimum absolute atomic E-state index is 0.0785. The molecule has 0 aliphatic carbocycles. The molecule has 3 heterocycles. The lowest BCUT2D eigenvalue weighted by Gasteiger charge is -2.23. The van der Waals surface area contributed by atoms with Crippen LogP contribution in [0, 0.1) is 0 Å². The van der Waals surface area contributed by atoms with Crippen molar-refractivity contribution in [1.82, 2.24) is 10.2 Å². The average Bonchev–Trinajstić information content (AvgIpc) is 3.53. The number of aryl methyl sites for hydroxylation is 1. The Bertz CT molecular complexity index is 1170. The van der Waals surface area contributed by atoms with Crippen LogP contribution in [0.15, 0.2) is 69.8 Å². The Hall–Kier alpha value is -3.45. The van der Waals surface area contributed by atoms with Crippen LogP contribution in [0.2, 0.25) is 0 Å². The van der Waals surface area contributed by atoms with Gasteiger partial charge in [-0.05, 0) is 41.6 Å². The summed E-state index contributed by atoms with van der Waals surface area (Å²) in [5.41, 5.74) is 5.25. The standard InChI is InChI=1S/C23H20N4O2S/c28-21(9-10-22-25-26-23(29-22)17-12-14-30-15-17)24-18-6-2-4-8-20(18)27-13-11-16-5-1-3-7-19(16)27/h1-8,12,14-15H,9-11,13H2,(H,24,28). The fourth-order valence-corrected chi connectivity index (χ4v) is 4.32. The van der Waals surface area contributed by atoms with Crippen LogP contribution in [-0.4, -0.2) is 22.6 Å². The summed E-state index contributed by atoms with van der Waals surface area (Å²) in [6.07, 6.45) is 1.68. The van der Waals surface area contributed by atoms with Gasteiger partial charge in [-0.3, -0.25) is 4.79 Å². The van der Waals surface area contributed by atoms with E-state index in [-0.39, 0.29) is 12.3 Å². The molecular weight excluding hydrogens is 396 g/mol. The van der Waals surface area contributed by atoms with Crippen LogP contribution >= 0.6 is 11.3 Å². The highest BCUT2D eigenvalue weighted by Crippen LogP contribution is 2.38. The van der Waals surface area contributed by atoms with Crippen LogP contribution in [0.1, 0.15) is 17.9 Å². The van der Waals surface area contributed by atoms with Crippen molar-refractivity contribution in [3.8, 4) is 11.5 Å². The number of nitrogens with zero attached hydrogens (tertiary/aromatic N) is 3. The van der Waals surface area contributed by atoms with Crippen molar-refractivity contribution in [2.24, 2.45) is 0 Å². The molecule has 2 aromatic carbocycles. The van der Waals surface area contributed by atoms with Crippen LogP contribution in [0.4, 0.5) is 17.1 Å². The average molecular weight is 417 g/mol. The maximum atomic E-state index is 12.6. The SMILES string of the molecule is O=C(CCc1nnc(-c2ccsc2)o1)Nc1ccccc1N1CCc2ccccc21. The van der Waals surface area contributed by atoms with Gasteiger partial charge in [0.1, 0.15) is 0 Å². The van der Waals surface area contributed by atoms with E-state index in [9.17, 15) is 4.79 Å². The zero-order valence-corrected chi connectivity index (χ0v) is 17.1. The van der Waals surface area contributed by atoms with Crippen molar-refractivity contribution in [3.05, 3.63) is 76.8 Å². The number of aromatic nitrogens is 2. The molecule has 30 heavy (non-hydrogen) atoms. The first-order valence-corrected chi connectivity index (χ1v) is 10.8. The quantitative estimate of drug-likeness (QED) is 0.475. The summed E-state index contributed by atoms with van der Waals surface area (Å²) in [4.78, 5) is 14.9. The summed E-state index contributed by atoms with van der Waals surface area (Å²) >= 11 is 1.57. The first kappa shape index (κ1) is 18.6. The third-order valence-corrected chi connectivity index (χ3v) is 5.84. The first-order chi connectivity index (χ1) is 14.8. The number of hydrogen-bond acceptors (Lipinski definition) is 6. The van der Waals surface area contributed by atoms with E-state index in [1.165, 1.54) is 11.3 Å². The molecule has 1 aliphatic rings. The number of carbonyl (C=O) groups is 1. The van der Waals surface area contributed by atoms with E-state index in [2.05, 4.69) is 38.6 Å². The van der Waals surface area contributed by atoms with Crippen molar-refractivity contribution in [2.75, 3.05) is 16.8 Å². The summed E-state index contributed by atoms with van der Waals surface area (Å²) in [6.45, 7) is 0.902. The summed E-state index contributed by atoms with van der Waals surface area (Å²) in [7, 11) is 0. The van der Waals surface area contributed by atoms with Crippen molar-refractivity contribution >= 4 is 34.3 Å². The van der Waals surface area contributed by atoms with Gasteiger partial charge >= 0.3 is 0 Å². The molecule has 0 unspecified atom stereocenters. The molecule has 0 saturated heterocycles. The van der Waals surface area contributed by atoms with E-state index < -0.39 is 0 Å². The number of para-hydroxylation sites is 3. The predicted octanol–water partition coefficient (Wildman–Crippen LogP) is 5.06. The Morgan fingerprint density at radius 1 is 1.07 bits per heavy atom. The van der Waals surface area contributed by atoms with Crippen molar-refractivity contribution in [3.63, 3.8) is 0 Å². The number of benzene rings is 2. The van der Waals surface area contributed by atoms with E-state index in [4.69, 9.17) is 4.42 Å². The van der Waals surface area contributed by atoms with Gasteiger partial charge in [-0.2, -0.15) is 11.3 Å². The Labute approximate surface area is 178 Å².